The lowest BCUT2D eigenvalue weighted by atomic mass is 10.0. The van der Waals surface area contributed by atoms with Gasteiger partial charge in [0.1, 0.15) is 11.5 Å². The van der Waals surface area contributed by atoms with Crippen LogP contribution in [-0.2, 0) is 4.79 Å². The van der Waals surface area contributed by atoms with Gasteiger partial charge in [0.15, 0.2) is 0 Å². The fourth-order valence-corrected chi connectivity index (χ4v) is 1.30. The molecular weight excluding hydrogens is 228 g/mol. The number of carbonyl (C=O) groups excluding carboxylic acids is 1. The molecule has 0 aliphatic heterocycles. The molecule has 0 fully saturated rings. The predicted octanol–water partition coefficient (Wildman–Crippen LogP) is 2.99. The molecule has 0 spiro atoms. The van der Waals surface area contributed by atoms with Crippen LogP contribution in [0.4, 0.5) is 0 Å². The summed E-state index contributed by atoms with van der Waals surface area (Å²) in [5.74, 6) is 1.16. The summed E-state index contributed by atoms with van der Waals surface area (Å²) in [5.41, 5.74) is 1.26. The van der Waals surface area contributed by atoms with Gasteiger partial charge in [0.2, 0.25) is 0 Å². The fourth-order valence-electron chi connectivity index (χ4n) is 1.30. The number of aliphatic hydroxyl groups excluding tert-OH is 1. The van der Waals surface area contributed by atoms with Gasteiger partial charge in [0, 0.05) is 6.42 Å². The first-order valence-electron chi connectivity index (χ1n) is 6.15. The molecule has 0 bridgehead atoms. The smallest absolute Gasteiger partial charge is 0.130 e. The van der Waals surface area contributed by atoms with Crippen molar-refractivity contribution in [2.24, 2.45) is 5.92 Å². The Bertz CT molecular complexity index is 341. The van der Waals surface area contributed by atoms with Gasteiger partial charge in [-0.3, -0.25) is 0 Å². The Morgan fingerprint density at radius 1 is 1.28 bits per heavy atom. The lowest BCUT2D eigenvalue weighted by Crippen LogP contribution is -2.15. The molecule has 2 atom stereocenters. The average molecular weight is 252 g/mol. The van der Waals surface area contributed by atoms with Crippen LogP contribution in [0.15, 0.2) is 24.3 Å². The van der Waals surface area contributed by atoms with Crippen molar-refractivity contribution in [2.75, 3.05) is 7.11 Å². The van der Waals surface area contributed by atoms with Crippen LogP contribution < -0.4 is 4.74 Å². The van der Waals surface area contributed by atoms with Crippen molar-refractivity contribution in [3.63, 3.8) is 0 Å². The minimum absolute atomic E-state index is 0.0995. The number of aryl methyl sites for hydroxylation is 1. The summed E-state index contributed by atoms with van der Waals surface area (Å²) in [7, 11) is 1.67. The van der Waals surface area contributed by atoms with Crippen LogP contribution in [0, 0.1) is 12.8 Å². The normalized spacial score (nSPS) is 13.0. The minimum Gasteiger partial charge on any atom is -0.497 e. The molecule has 102 valence electrons. The maximum atomic E-state index is 10.4. The molecule has 18 heavy (non-hydrogen) atoms. The van der Waals surface area contributed by atoms with Gasteiger partial charge >= 0.3 is 0 Å². The number of rotatable bonds is 4. The van der Waals surface area contributed by atoms with Crippen molar-refractivity contribution < 1.29 is 14.6 Å². The standard InChI is InChI=1S/C8H10O.C7H14O2/c1-7-3-5-8(9-2)6-4-7;1-5(7(3)9)4-6(2)8/h3-6H,1-2H3;5,7,9H,4H2,1-3H3. The number of benzene rings is 1. The summed E-state index contributed by atoms with van der Waals surface area (Å²) in [4.78, 5) is 10.4. The van der Waals surface area contributed by atoms with E-state index in [-0.39, 0.29) is 17.8 Å². The number of ether oxygens (including phenoxy) is 1. The van der Waals surface area contributed by atoms with Crippen LogP contribution in [-0.4, -0.2) is 24.1 Å². The third kappa shape index (κ3) is 7.85. The highest BCUT2D eigenvalue weighted by atomic mass is 16.5. The number of carbonyl (C=O) groups is 1. The second kappa shape index (κ2) is 8.70. The summed E-state index contributed by atoms with van der Waals surface area (Å²) < 4.78 is 4.97. The van der Waals surface area contributed by atoms with E-state index in [1.54, 1.807) is 21.0 Å². The highest BCUT2D eigenvalue weighted by Gasteiger charge is 2.09. The van der Waals surface area contributed by atoms with Crippen molar-refractivity contribution in [1.82, 2.24) is 0 Å². The fraction of sp³-hybridized carbons (Fsp3) is 0.533. The Kier molecular flexibility index (Phi) is 8.05. The Labute approximate surface area is 110 Å². The molecule has 0 aliphatic carbocycles. The monoisotopic (exact) mass is 252 g/mol. The van der Waals surface area contributed by atoms with E-state index in [0.717, 1.165) is 5.75 Å². The molecule has 1 aromatic carbocycles. The zero-order valence-corrected chi connectivity index (χ0v) is 11.9. The van der Waals surface area contributed by atoms with Gasteiger partial charge in [-0.05, 0) is 38.8 Å². The van der Waals surface area contributed by atoms with Gasteiger partial charge in [-0.1, -0.05) is 24.6 Å². The number of hydrogen-bond donors (Lipinski definition) is 1. The van der Waals surface area contributed by atoms with Gasteiger partial charge in [-0.2, -0.15) is 0 Å². The molecule has 0 amide bonds. The Morgan fingerprint density at radius 3 is 2.06 bits per heavy atom. The van der Waals surface area contributed by atoms with E-state index in [4.69, 9.17) is 9.84 Å². The molecule has 1 aromatic rings. The highest BCUT2D eigenvalue weighted by Crippen LogP contribution is 2.09. The molecule has 3 heteroatoms. The van der Waals surface area contributed by atoms with Crippen molar-refractivity contribution in [1.29, 1.82) is 0 Å². The average Bonchev–Trinajstić information content (AvgIpc) is 2.30. The molecule has 1 rings (SSSR count). The number of ketones is 1. The minimum atomic E-state index is -0.367. The van der Waals surface area contributed by atoms with Crippen molar-refractivity contribution >= 4 is 5.78 Å². The van der Waals surface area contributed by atoms with Crippen LogP contribution in [0.2, 0.25) is 0 Å². The molecule has 1 N–H and O–H groups in total. The van der Waals surface area contributed by atoms with E-state index >= 15 is 0 Å². The molecule has 0 radical (unpaired) electrons. The van der Waals surface area contributed by atoms with Crippen LogP contribution >= 0.6 is 0 Å². The van der Waals surface area contributed by atoms with E-state index < -0.39 is 0 Å². The predicted molar refractivity (Wildman–Crippen MR) is 73.9 cm³/mol. The van der Waals surface area contributed by atoms with Crippen LogP contribution in [0.5, 0.6) is 5.75 Å². The Hall–Kier alpha value is -1.35. The van der Waals surface area contributed by atoms with E-state index in [9.17, 15) is 4.79 Å². The van der Waals surface area contributed by atoms with E-state index in [1.807, 2.05) is 31.2 Å². The lowest BCUT2D eigenvalue weighted by molar-refractivity contribution is -0.118. The van der Waals surface area contributed by atoms with Crippen LogP contribution in [0.25, 0.3) is 0 Å². The van der Waals surface area contributed by atoms with Crippen molar-refractivity contribution in [2.45, 2.75) is 40.2 Å². The quantitative estimate of drug-likeness (QED) is 0.896. The van der Waals surface area contributed by atoms with Gasteiger partial charge in [-0.15, -0.1) is 0 Å². The molecule has 3 nitrogen and oxygen atoms in total. The second-order valence-electron chi connectivity index (χ2n) is 4.64. The molecule has 0 saturated heterocycles. The molecule has 0 aliphatic rings. The molecule has 2 unspecified atom stereocenters. The van der Waals surface area contributed by atoms with Gasteiger partial charge in [0.05, 0.1) is 13.2 Å². The van der Waals surface area contributed by atoms with Crippen molar-refractivity contribution in [3.8, 4) is 5.75 Å². The topological polar surface area (TPSA) is 46.5 Å². The van der Waals surface area contributed by atoms with Gasteiger partial charge in [-0.25, -0.2) is 0 Å². The number of aliphatic hydroxyl groups is 1. The summed E-state index contributed by atoms with van der Waals surface area (Å²) in [5, 5.41) is 8.92. The van der Waals surface area contributed by atoms with E-state index in [0.29, 0.717) is 6.42 Å². The van der Waals surface area contributed by atoms with E-state index in [2.05, 4.69) is 6.92 Å². The first-order valence-corrected chi connectivity index (χ1v) is 6.15. The third-order valence-electron chi connectivity index (χ3n) is 2.69. The molecule has 0 heterocycles. The SMILES string of the molecule is CC(=O)CC(C)C(C)O.COc1ccc(C)cc1. The summed E-state index contributed by atoms with van der Waals surface area (Å²) >= 11 is 0. The zero-order valence-electron chi connectivity index (χ0n) is 11.9. The van der Waals surface area contributed by atoms with Gasteiger partial charge in [0.25, 0.3) is 0 Å². The molecule has 0 aromatic heterocycles. The van der Waals surface area contributed by atoms with Crippen molar-refractivity contribution in [3.05, 3.63) is 29.8 Å². The van der Waals surface area contributed by atoms with E-state index in [1.165, 1.54) is 5.56 Å². The third-order valence-corrected chi connectivity index (χ3v) is 2.69. The first kappa shape index (κ1) is 16.6. The summed E-state index contributed by atoms with van der Waals surface area (Å²) in [6.07, 6.45) is 0.117. The van der Waals surface area contributed by atoms with Crippen LogP contribution in [0.1, 0.15) is 32.8 Å². The van der Waals surface area contributed by atoms with Crippen LogP contribution in [0.3, 0.4) is 0 Å². The number of Topliss-reactive ketones (excluding diaryl/α,β-unsaturated/α-hetero) is 1. The summed E-state index contributed by atoms with van der Waals surface area (Å²) in [6, 6.07) is 7.96. The number of methoxy groups -OCH3 is 1. The Morgan fingerprint density at radius 2 is 1.78 bits per heavy atom. The maximum Gasteiger partial charge on any atom is 0.130 e. The highest BCUT2D eigenvalue weighted by molar-refractivity contribution is 5.75. The maximum absolute atomic E-state index is 10.4. The Balaban J connectivity index is 0.000000321. The largest absolute Gasteiger partial charge is 0.497 e. The molecular formula is C15H24O3. The number of hydrogen-bond acceptors (Lipinski definition) is 3. The zero-order chi connectivity index (χ0) is 14.1. The second-order valence-corrected chi connectivity index (χ2v) is 4.64. The van der Waals surface area contributed by atoms with Gasteiger partial charge < -0.3 is 14.6 Å². The molecule has 0 saturated carbocycles. The lowest BCUT2D eigenvalue weighted by Gasteiger charge is -2.11. The summed E-state index contributed by atoms with van der Waals surface area (Å²) in [6.45, 7) is 7.16. The first-order chi connectivity index (χ1) is 8.36.